The molecule has 0 unspecified atom stereocenters. The van der Waals surface area contributed by atoms with Crippen molar-refractivity contribution < 1.29 is 13.3 Å². The number of nitrogens with one attached hydrogen (secondary N) is 1. The molecule has 3 rings (SSSR count). The van der Waals surface area contributed by atoms with E-state index >= 15 is 0 Å². The number of para-hydroxylation sites is 1. The van der Waals surface area contributed by atoms with Crippen molar-refractivity contribution in [2.45, 2.75) is 11.8 Å². The highest BCUT2D eigenvalue weighted by Crippen LogP contribution is 2.29. The molecule has 3 aromatic rings. The zero-order valence-electron chi connectivity index (χ0n) is 13.5. The van der Waals surface area contributed by atoms with Gasteiger partial charge in [-0.25, -0.2) is 13.1 Å². The predicted molar refractivity (Wildman–Crippen MR) is 97.2 cm³/mol. The predicted octanol–water partition coefficient (Wildman–Crippen LogP) is 3.54. The van der Waals surface area contributed by atoms with E-state index in [1.54, 1.807) is 31.3 Å². The second-order valence-electron chi connectivity index (χ2n) is 5.40. The molecule has 0 amide bonds. The average Bonchev–Trinajstić information content (AvgIpc) is 3.02. The van der Waals surface area contributed by atoms with Crippen molar-refractivity contribution in [2.24, 2.45) is 0 Å². The first kappa shape index (κ1) is 17.9. The molecule has 0 aliphatic heterocycles. The van der Waals surface area contributed by atoms with Crippen LogP contribution in [-0.4, -0.2) is 23.1 Å². The number of non-ortho nitro benzene ring substituents is 1. The molecule has 2 aromatic carbocycles. The van der Waals surface area contributed by atoms with Gasteiger partial charge in [-0.1, -0.05) is 23.7 Å². The lowest BCUT2D eigenvalue weighted by Gasteiger charge is -2.13. The number of halogens is 1. The molecule has 0 saturated heterocycles. The highest BCUT2D eigenvalue weighted by atomic mass is 35.5. The van der Waals surface area contributed by atoms with Gasteiger partial charge in [0.25, 0.3) is 15.7 Å². The summed E-state index contributed by atoms with van der Waals surface area (Å²) in [5.74, 6) is 0. The standard InChI is InChI=1S/C16H13ClN4O4S/c1-11-8-9-20(18-11)15-7-6-12(21(22)23)10-16(15)26(24,25)19-14-5-3-2-4-13(14)17/h2-10,19H,1H3. The molecular formula is C16H13ClN4O4S. The molecule has 0 fully saturated rings. The molecule has 0 aliphatic carbocycles. The number of benzene rings is 2. The van der Waals surface area contributed by atoms with Gasteiger partial charge < -0.3 is 0 Å². The largest absolute Gasteiger partial charge is 0.278 e. The minimum Gasteiger partial charge on any atom is -0.278 e. The Balaban J connectivity index is 2.16. The number of anilines is 1. The average molecular weight is 393 g/mol. The van der Waals surface area contributed by atoms with Crippen LogP contribution in [0, 0.1) is 17.0 Å². The first-order chi connectivity index (χ1) is 12.3. The molecule has 26 heavy (non-hydrogen) atoms. The van der Waals surface area contributed by atoms with Crippen LogP contribution in [0.4, 0.5) is 11.4 Å². The topological polar surface area (TPSA) is 107 Å². The molecule has 1 aromatic heterocycles. The second-order valence-corrected chi connectivity index (χ2v) is 7.45. The maximum absolute atomic E-state index is 12.9. The number of sulfonamides is 1. The Labute approximate surface area is 154 Å². The summed E-state index contributed by atoms with van der Waals surface area (Å²) in [5.41, 5.74) is 0.675. The first-order valence-corrected chi connectivity index (χ1v) is 9.22. The smallest absolute Gasteiger partial charge is 0.270 e. The fraction of sp³-hybridized carbons (Fsp3) is 0.0625. The van der Waals surface area contributed by atoms with Gasteiger partial charge >= 0.3 is 0 Å². The zero-order valence-corrected chi connectivity index (χ0v) is 15.0. The van der Waals surface area contributed by atoms with Crippen molar-refractivity contribution in [2.75, 3.05) is 4.72 Å². The van der Waals surface area contributed by atoms with E-state index in [1.807, 2.05) is 0 Å². The monoisotopic (exact) mass is 392 g/mol. The van der Waals surface area contributed by atoms with Gasteiger partial charge in [-0.15, -0.1) is 0 Å². The normalized spacial score (nSPS) is 11.3. The number of nitro groups is 1. The molecule has 0 atom stereocenters. The zero-order chi connectivity index (χ0) is 18.9. The minimum absolute atomic E-state index is 0.170. The Bertz CT molecular complexity index is 1100. The van der Waals surface area contributed by atoms with E-state index in [1.165, 1.54) is 28.9 Å². The van der Waals surface area contributed by atoms with Crippen LogP contribution in [0.25, 0.3) is 5.69 Å². The number of nitro benzene ring substituents is 1. The molecule has 8 nitrogen and oxygen atoms in total. The van der Waals surface area contributed by atoms with Crippen molar-refractivity contribution in [3.05, 3.63) is 75.6 Å². The summed E-state index contributed by atoms with van der Waals surface area (Å²) in [4.78, 5) is 10.1. The summed E-state index contributed by atoms with van der Waals surface area (Å²) in [5, 5.41) is 15.5. The molecule has 0 aliphatic rings. The first-order valence-electron chi connectivity index (χ1n) is 7.36. The highest BCUT2D eigenvalue weighted by molar-refractivity contribution is 7.92. The Kier molecular flexibility index (Phi) is 4.66. The van der Waals surface area contributed by atoms with Crippen LogP contribution in [0.3, 0.4) is 0 Å². The number of nitrogens with zero attached hydrogens (tertiary/aromatic N) is 3. The van der Waals surface area contributed by atoms with E-state index in [9.17, 15) is 18.5 Å². The molecule has 0 saturated carbocycles. The van der Waals surface area contributed by atoms with Gasteiger partial charge in [-0.2, -0.15) is 5.10 Å². The molecule has 0 bridgehead atoms. The summed E-state index contributed by atoms with van der Waals surface area (Å²) in [6, 6.07) is 11.6. The summed E-state index contributed by atoms with van der Waals surface area (Å²) in [6.07, 6.45) is 1.57. The SMILES string of the molecule is Cc1ccn(-c2ccc([N+](=O)[O-])cc2S(=O)(=O)Nc2ccccc2Cl)n1. The number of aromatic nitrogens is 2. The van der Waals surface area contributed by atoms with E-state index in [4.69, 9.17) is 11.6 Å². The summed E-state index contributed by atoms with van der Waals surface area (Å²) in [7, 11) is -4.16. The van der Waals surface area contributed by atoms with E-state index in [2.05, 4.69) is 9.82 Å². The maximum Gasteiger partial charge on any atom is 0.270 e. The Morgan fingerprint density at radius 3 is 2.54 bits per heavy atom. The van der Waals surface area contributed by atoms with Crippen molar-refractivity contribution in [1.29, 1.82) is 0 Å². The Morgan fingerprint density at radius 1 is 1.19 bits per heavy atom. The van der Waals surface area contributed by atoms with Gasteiger partial charge in [0.15, 0.2) is 0 Å². The second kappa shape index (κ2) is 6.77. The van der Waals surface area contributed by atoms with E-state index in [0.29, 0.717) is 5.69 Å². The molecule has 134 valence electrons. The van der Waals surface area contributed by atoms with Crippen LogP contribution >= 0.6 is 11.6 Å². The summed E-state index contributed by atoms with van der Waals surface area (Å²) >= 11 is 6.01. The van der Waals surface area contributed by atoms with E-state index in [0.717, 1.165) is 6.07 Å². The fourth-order valence-corrected chi connectivity index (χ4v) is 3.84. The lowest BCUT2D eigenvalue weighted by Crippen LogP contribution is -2.16. The number of rotatable bonds is 5. The molecule has 10 heteroatoms. The molecule has 0 spiro atoms. The lowest BCUT2D eigenvalue weighted by molar-refractivity contribution is -0.385. The minimum atomic E-state index is -4.16. The number of aryl methyl sites for hydroxylation is 1. The summed E-state index contributed by atoms with van der Waals surface area (Å²) < 4.78 is 29.5. The maximum atomic E-state index is 12.9. The van der Waals surface area contributed by atoms with Crippen molar-refractivity contribution in [3.8, 4) is 5.69 Å². The molecule has 1 N–H and O–H groups in total. The molecule has 0 radical (unpaired) electrons. The Morgan fingerprint density at radius 2 is 1.92 bits per heavy atom. The van der Waals surface area contributed by atoms with Gasteiger partial charge in [-0.3, -0.25) is 14.8 Å². The third kappa shape index (κ3) is 3.53. The van der Waals surface area contributed by atoms with Crippen LogP contribution < -0.4 is 4.72 Å². The van der Waals surface area contributed by atoms with E-state index in [-0.39, 0.29) is 27.0 Å². The van der Waals surface area contributed by atoms with Crippen LogP contribution in [0.1, 0.15) is 5.69 Å². The number of hydrogen-bond acceptors (Lipinski definition) is 5. The van der Waals surface area contributed by atoms with Crippen molar-refractivity contribution >= 4 is 33.0 Å². The number of hydrogen-bond donors (Lipinski definition) is 1. The van der Waals surface area contributed by atoms with Gasteiger partial charge in [0.2, 0.25) is 0 Å². The van der Waals surface area contributed by atoms with Gasteiger partial charge in [-0.05, 0) is 31.2 Å². The highest BCUT2D eigenvalue weighted by Gasteiger charge is 2.24. The lowest BCUT2D eigenvalue weighted by atomic mass is 10.3. The van der Waals surface area contributed by atoms with Gasteiger partial charge in [0.05, 0.1) is 27.0 Å². The fourth-order valence-electron chi connectivity index (χ4n) is 2.31. The Hall–Kier alpha value is -2.91. The van der Waals surface area contributed by atoms with Crippen molar-refractivity contribution in [1.82, 2.24) is 9.78 Å². The third-order valence-electron chi connectivity index (χ3n) is 3.53. The molecular weight excluding hydrogens is 380 g/mol. The van der Waals surface area contributed by atoms with Gasteiger partial charge in [0.1, 0.15) is 4.90 Å². The van der Waals surface area contributed by atoms with Crippen LogP contribution in [0.2, 0.25) is 5.02 Å². The summed E-state index contributed by atoms with van der Waals surface area (Å²) in [6.45, 7) is 1.75. The van der Waals surface area contributed by atoms with Crippen LogP contribution in [0.15, 0.2) is 59.6 Å². The quantitative estimate of drug-likeness (QED) is 0.527. The third-order valence-corrected chi connectivity index (χ3v) is 5.26. The van der Waals surface area contributed by atoms with E-state index < -0.39 is 14.9 Å². The molecule has 1 heterocycles. The van der Waals surface area contributed by atoms with Gasteiger partial charge in [0, 0.05) is 18.3 Å². The van der Waals surface area contributed by atoms with Crippen molar-refractivity contribution in [3.63, 3.8) is 0 Å². The van der Waals surface area contributed by atoms with Crippen LogP contribution in [0.5, 0.6) is 0 Å². The van der Waals surface area contributed by atoms with Crippen LogP contribution in [-0.2, 0) is 10.0 Å².